The highest BCUT2D eigenvalue weighted by atomic mass is 16.5. The van der Waals surface area contributed by atoms with Crippen molar-refractivity contribution in [3.8, 4) is 0 Å². The number of esters is 1. The number of methoxy groups -OCH3 is 1. The zero-order valence-electron chi connectivity index (χ0n) is 7.34. The molecule has 0 N–H and O–H groups in total. The Morgan fingerprint density at radius 2 is 2.25 bits per heavy atom. The SMILES string of the molecule is COC(=O)[C@@H]1CCCCC(=O)C1. The lowest BCUT2D eigenvalue weighted by Crippen LogP contribution is -2.17. The van der Waals surface area contributed by atoms with Crippen LogP contribution in [-0.2, 0) is 14.3 Å². The monoisotopic (exact) mass is 170 g/mol. The Labute approximate surface area is 72.1 Å². The first-order chi connectivity index (χ1) is 5.74. The van der Waals surface area contributed by atoms with Crippen LogP contribution in [0.2, 0.25) is 0 Å². The van der Waals surface area contributed by atoms with E-state index < -0.39 is 0 Å². The second-order valence-corrected chi connectivity index (χ2v) is 3.21. The predicted octanol–water partition coefficient (Wildman–Crippen LogP) is 1.31. The highest BCUT2D eigenvalue weighted by Crippen LogP contribution is 2.21. The lowest BCUT2D eigenvalue weighted by Gasteiger charge is -2.09. The minimum Gasteiger partial charge on any atom is -0.469 e. The van der Waals surface area contributed by atoms with E-state index in [2.05, 4.69) is 4.74 Å². The van der Waals surface area contributed by atoms with Crippen molar-refractivity contribution in [2.75, 3.05) is 7.11 Å². The molecule has 0 saturated heterocycles. The van der Waals surface area contributed by atoms with Crippen LogP contribution in [0.3, 0.4) is 0 Å². The lowest BCUT2D eigenvalue weighted by molar-refractivity contribution is -0.147. The Kier molecular flexibility index (Phi) is 3.26. The smallest absolute Gasteiger partial charge is 0.309 e. The second kappa shape index (κ2) is 4.24. The van der Waals surface area contributed by atoms with Gasteiger partial charge in [-0.25, -0.2) is 0 Å². The number of ketones is 1. The molecule has 0 bridgehead atoms. The third-order valence-corrected chi connectivity index (χ3v) is 2.27. The predicted molar refractivity (Wildman–Crippen MR) is 43.6 cm³/mol. The quantitative estimate of drug-likeness (QED) is 0.440. The number of carbonyl (C=O) groups is 2. The molecule has 0 aromatic heterocycles. The van der Waals surface area contributed by atoms with Gasteiger partial charge in [0.15, 0.2) is 0 Å². The van der Waals surface area contributed by atoms with Crippen LogP contribution in [0.25, 0.3) is 0 Å². The van der Waals surface area contributed by atoms with Gasteiger partial charge in [0.1, 0.15) is 5.78 Å². The molecule has 1 aliphatic rings. The van der Waals surface area contributed by atoms with E-state index in [4.69, 9.17) is 0 Å². The van der Waals surface area contributed by atoms with Gasteiger partial charge in [-0.05, 0) is 12.8 Å². The fraction of sp³-hybridized carbons (Fsp3) is 0.778. The van der Waals surface area contributed by atoms with Crippen molar-refractivity contribution in [1.82, 2.24) is 0 Å². The fourth-order valence-electron chi connectivity index (χ4n) is 1.56. The number of Topliss-reactive ketones (excluding diaryl/α,β-unsaturated/α-hetero) is 1. The van der Waals surface area contributed by atoms with Crippen LogP contribution < -0.4 is 0 Å². The topological polar surface area (TPSA) is 43.4 Å². The number of carbonyl (C=O) groups excluding carboxylic acids is 2. The Hall–Kier alpha value is -0.860. The van der Waals surface area contributed by atoms with E-state index in [0.29, 0.717) is 12.8 Å². The lowest BCUT2D eigenvalue weighted by atomic mass is 10.0. The van der Waals surface area contributed by atoms with E-state index in [1.807, 2.05) is 0 Å². The average molecular weight is 170 g/mol. The summed E-state index contributed by atoms with van der Waals surface area (Å²) < 4.78 is 4.60. The van der Waals surface area contributed by atoms with Gasteiger partial charge in [-0.15, -0.1) is 0 Å². The van der Waals surface area contributed by atoms with Crippen LogP contribution in [0.1, 0.15) is 32.1 Å². The third-order valence-electron chi connectivity index (χ3n) is 2.27. The van der Waals surface area contributed by atoms with Crippen molar-refractivity contribution >= 4 is 11.8 Å². The zero-order chi connectivity index (χ0) is 8.97. The zero-order valence-corrected chi connectivity index (χ0v) is 7.34. The van der Waals surface area contributed by atoms with E-state index in [9.17, 15) is 9.59 Å². The fourth-order valence-corrected chi connectivity index (χ4v) is 1.56. The molecule has 1 saturated carbocycles. The van der Waals surface area contributed by atoms with Crippen LogP contribution in [0.15, 0.2) is 0 Å². The van der Waals surface area contributed by atoms with Crippen molar-refractivity contribution in [3.05, 3.63) is 0 Å². The maximum atomic E-state index is 11.1. The van der Waals surface area contributed by atoms with Gasteiger partial charge in [0.05, 0.1) is 13.0 Å². The summed E-state index contributed by atoms with van der Waals surface area (Å²) in [6.45, 7) is 0. The van der Waals surface area contributed by atoms with E-state index >= 15 is 0 Å². The first kappa shape index (κ1) is 9.23. The Morgan fingerprint density at radius 3 is 2.92 bits per heavy atom. The maximum Gasteiger partial charge on any atom is 0.309 e. The minimum absolute atomic E-state index is 0.176. The summed E-state index contributed by atoms with van der Waals surface area (Å²) in [6.07, 6.45) is 3.70. The average Bonchev–Trinajstić information content (AvgIpc) is 2.28. The van der Waals surface area contributed by atoms with Crippen molar-refractivity contribution in [2.45, 2.75) is 32.1 Å². The second-order valence-electron chi connectivity index (χ2n) is 3.21. The molecule has 0 aromatic rings. The van der Waals surface area contributed by atoms with E-state index in [-0.39, 0.29) is 17.7 Å². The van der Waals surface area contributed by atoms with Gasteiger partial charge >= 0.3 is 5.97 Å². The standard InChI is InChI=1S/C9H14O3/c1-12-9(11)7-4-2-3-5-8(10)6-7/h7H,2-6H2,1H3/t7-/m1/s1. The van der Waals surface area contributed by atoms with Crippen LogP contribution >= 0.6 is 0 Å². The van der Waals surface area contributed by atoms with Crippen molar-refractivity contribution in [2.24, 2.45) is 5.92 Å². The van der Waals surface area contributed by atoms with Gasteiger partial charge in [-0.1, -0.05) is 6.42 Å². The van der Waals surface area contributed by atoms with Gasteiger partial charge in [0.25, 0.3) is 0 Å². The van der Waals surface area contributed by atoms with Crippen molar-refractivity contribution < 1.29 is 14.3 Å². The Balaban J connectivity index is 2.51. The third kappa shape index (κ3) is 2.32. The molecule has 0 aromatic carbocycles. The summed E-state index contributed by atoms with van der Waals surface area (Å²) in [7, 11) is 1.37. The highest BCUT2D eigenvalue weighted by molar-refractivity contribution is 5.84. The summed E-state index contributed by atoms with van der Waals surface area (Å²) in [6, 6.07) is 0. The molecular formula is C9H14O3. The summed E-state index contributed by atoms with van der Waals surface area (Å²) in [4.78, 5) is 22.2. The molecule has 0 radical (unpaired) electrons. The maximum absolute atomic E-state index is 11.1. The first-order valence-corrected chi connectivity index (χ1v) is 4.33. The molecule has 0 spiro atoms. The van der Waals surface area contributed by atoms with Gasteiger partial charge in [0, 0.05) is 12.8 Å². The van der Waals surface area contributed by atoms with Crippen LogP contribution in [-0.4, -0.2) is 18.9 Å². The number of hydrogen-bond donors (Lipinski definition) is 0. The molecule has 0 unspecified atom stereocenters. The Morgan fingerprint density at radius 1 is 1.50 bits per heavy atom. The molecule has 1 aliphatic carbocycles. The van der Waals surface area contributed by atoms with Gasteiger partial charge in [0.2, 0.25) is 0 Å². The molecule has 1 atom stereocenters. The summed E-state index contributed by atoms with van der Waals surface area (Å²) in [5.41, 5.74) is 0. The summed E-state index contributed by atoms with van der Waals surface area (Å²) in [5.74, 6) is -0.210. The van der Waals surface area contributed by atoms with E-state index in [0.717, 1.165) is 19.3 Å². The summed E-state index contributed by atoms with van der Waals surface area (Å²) >= 11 is 0. The van der Waals surface area contributed by atoms with Gasteiger partial charge in [-0.3, -0.25) is 9.59 Å². The largest absolute Gasteiger partial charge is 0.469 e. The molecule has 0 aliphatic heterocycles. The Bertz CT molecular complexity index is 186. The van der Waals surface area contributed by atoms with Gasteiger partial charge < -0.3 is 4.74 Å². The van der Waals surface area contributed by atoms with Gasteiger partial charge in [-0.2, -0.15) is 0 Å². The molecule has 1 fully saturated rings. The number of ether oxygens (including phenoxy) is 1. The molecule has 0 heterocycles. The molecule has 0 amide bonds. The van der Waals surface area contributed by atoms with Crippen LogP contribution in [0.5, 0.6) is 0 Å². The first-order valence-electron chi connectivity index (χ1n) is 4.33. The van der Waals surface area contributed by atoms with Crippen LogP contribution in [0, 0.1) is 5.92 Å². The number of rotatable bonds is 1. The molecular weight excluding hydrogens is 156 g/mol. The molecule has 12 heavy (non-hydrogen) atoms. The van der Waals surface area contributed by atoms with Crippen LogP contribution in [0.4, 0.5) is 0 Å². The molecule has 1 rings (SSSR count). The molecule has 3 nitrogen and oxygen atoms in total. The summed E-state index contributed by atoms with van der Waals surface area (Å²) in [5, 5.41) is 0. The van der Waals surface area contributed by atoms with Crippen molar-refractivity contribution in [3.63, 3.8) is 0 Å². The molecule has 3 heteroatoms. The number of hydrogen-bond acceptors (Lipinski definition) is 3. The normalized spacial score (nSPS) is 24.8. The van der Waals surface area contributed by atoms with E-state index in [1.54, 1.807) is 0 Å². The molecule has 68 valence electrons. The minimum atomic E-state index is -0.231. The highest BCUT2D eigenvalue weighted by Gasteiger charge is 2.24. The van der Waals surface area contributed by atoms with Crippen molar-refractivity contribution in [1.29, 1.82) is 0 Å². The van der Waals surface area contributed by atoms with E-state index in [1.165, 1.54) is 7.11 Å².